The highest BCUT2D eigenvalue weighted by Crippen LogP contribution is 2.20. The Kier molecular flexibility index (Phi) is 4.30. The van der Waals surface area contributed by atoms with E-state index >= 15 is 0 Å². The SMILES string of the molecule is CC(=O)Nc1ccc(NC(C)c2nccnc2C)cc1. The fourth-order valence-electron chi connectivity index (χ4n) is 2.01. The fraction of sp³-hybridized carbons (Fsp3) is 0.267. The highest BCUT2D eigenvalue weighted by atomic mass is 16.1. The van der Waals surface area contributed by atoms with Crippen LogP contribution in [-0.4, -0.2) is 15.9 Å². The van der Waals surface area contributed by atoms with Gasteiger partial charge in [-0.2, -0.15) is 0 Å². The number of hydrogen-bond acceptors (Lipinski definition) is 4. The Balaban J connectivity index is 2.06. The lowest BCUT2D eigenvalue weighted by molar-refractivity contribution is -0.114. The quantitative estimate of drug-likeness (QED) is 0.896. The molecule has 1 aromatic carbocycles. The maximum atomic E-state index is 11.0. The minimum absolute atomic E-state index is 0.0651. The number of anilines is 2. The summed E-state index contributed by atoms with van der Waals surface area (Å²) >= 11 is 0. The molecule has 20 heavy (non-hydrogen) atoms. The molecule has 0 radical (unpaired) electrons. The summed E-state index contributed by atoms with van der Waals surface area (Å²) in [7, 11) is 0. The minimum atomic E-state index is -0.0748. The normalized spacial score (nSPS) is 11.8. The maximum Gasteiger partial charge on any atom is 0.221 e. The van der Waals surface area contributed by atoms with Gasteiger partial charge in [-0.3, -0.25) is 14.8 Å². The third kappa shape index (κ3) is 3.54. The van der Waals surface area contributed by atoms with Crippen molar-refractivity contribution in [1.82, 2.24) is 9.97 Å². The van der Waals surface area contributed by atoms with E-state index in [-0.39, 0.29) is 11.9 Å². The monoisotopic (exact) mass is 270 g/mol. The number of carbonyl (C=O) groups excluding carboxylic acids is 1. The number of hydrogen-bond donors (Lipinski definition) is 2. The number of nitrogens with zero attached hydrogens (tertiary/aromatic N) is 2. The first-order valence-electron chi connectivity index (χ1n) is 6.48. The van der Waals surface area contributed by atoms with Crippen molar-refractivity contribution in [3.05, 3.63) is 48.0 Å². The zero-order valence-electron chi connectivity index (χ0n) is 11.8. The summed E-state index contributed by atoms with van der Waals surface area (Å²) < 4.78 is 0. The third-order valence-electron chi connectivity index (χ3n) is 2.92. The van der Waals surface area contributed by atoms with Gasteiger partial charge in [0, 0.05) is 30.7 Å². The molecule has 0 aliphatic rings. The van der Waals surface area contributed by atoms with Crippen LogP contribution in [0.4, 0.5) is 11.4 Å². The molecule has 104 valence electrons. The summed E-state index contributed by atoms with van der Waals surface area (Å²) in [4.78, 5) is 19.5. The molecule has 0 aliphatic carbocycles. The van der Waals surface area contributed by atoms with Crippen molar-refractivity contribution in [3.8, 4) is 0 Å². The van der Waals surface area contributed by atoms with E-state index in [1.54, 1.807) is 12.4 Å². The van der Waals surface area contributed by atoms with Crippen LogP contribution in [0.1, 0.15) is 31.3 Å². The number of carbonyl (C=O) groups is 1. The van der Waals surface area contributed by atoms with Crippen LogP contribution in [0.25, 0.3) is 0 Å². The fourth-order valence-corrected chi connectivity index (χ4v) is 2.01. The lowest BCUT2D eigenvalue weighted by Gasteiger charge is -2.16. The van der Waals surface area contributed by atoms with Crippen molar-refractivity contribution in [1.29, 1.82) is 0 Å². The van der Waals surface area contributed by atoms with E-state index in [9.17, 15) is 4.79 Å². The minimum Gasteiger partial charge on any atom is -0.377 e. The van der Waals surface area contributed by atoms with E-state index in [0.717, 1.165) is 22.8 Å². The molecule has 5 heteroatoms. The summed E-state index contributed by atoms with van der Waals surface area (Å²) in [5, 5.41) is 6.10. The van der Waals surface area contributed by atoms with Gasteiger partial charge in [0.05, 0.1) is 17.4 Å². The number of amides is 1. The molecule has 0 spiro atoms. The molecule has 0 aliphatic heterocycles. The number of rotatable bonds is 4. The van der Waals surface area contributed by atoms with E-state index in [1.807, 2.05) is 38.1 Å². The first-order chi connectivity index (χ1) is 9.56. The zero-order chi connectivity index (χ0) is 14.5. The molecular formula is C15H18N4O. The molecule has 1 heterocycles. The molecule has 1 atom stereocenters. The maximum absolute atomic E-state index is 11.0. The van der Waals surface area contributed by atoms with Crippen molar-refractivity contribution in [2.24, 2.45) is 0 Å². The van der Waals surface area contributed by atoms with Gasteiger partial charge in [-0.1, -0.05) is 0 Å². The summed E-state index contributed by atoms with van der Waals surface area (Å²) in [5.74, 6) is -0.0748. The van der Waals surface area contributed by atoms with Crippen molar-refractivity contribution >= 4 is 17.3 Å². The molecule has 0 fully saturated rings. The predicted molar refractivity (Wildman–Crippen MR) is 79.6 cm³/mol. The Morgan fingerprint density at radius 1 is 1.10 bits per heavy atom. The van der Waals surface area contributed by atoms with Gasteiger partial charge < -0.3 is 10.6 Å². The molecule has 1 amide bonds. The van der Waals surface area contributed by atoms with Crippen molar-refractivity contribution in [3.63, 3.8) is 0 Å². The molecule has 2 rings (SSSR count). The lowest BCUT2D eigenvalue weighted by atomic mass is 10.1. The van der Waals surface area contributed by atoms with Gasteiger partial charge in [0.2, 0.25) is 5.91 Å². The van der Waals surface area contributed by atoms with Gasteiger partial charge in [0.25, 0.3) is 0 Å². The molecule has 1 unspecified atom stereocenters. The highest BCUT2D eigenvalue weighted by Gasteiger charge is 2.10. The van der Waals surface area contributed by atoms with Crippen molar-refractivity contribution in [2.45, 2.75) is 26.8 Å². The first kappa shape index (κ1) is 14.0. The van der Waals surface area contributed by atoms with Gasteiger partial charge in [-0.25, -0.2) is 0 Å². The molecule has 1 aromatic heterocycles. The van der Waals surface area contributed by atoms with E-state index in [2.05, 4.69) is 20.6 Å². The van der Waals surface area contributed by atoms with E-state index in [4.69, 9.17) is 0 Å². The van der Waals surface area contributed by atoms with Crippen LogP contribution in [0.3, 0.4) is 0 Å². The average molecular weight is 270 g/mol. The van der Waals surface area contributed by atoms with Crippen LogP contribution in [-0.2, 0) is 4.79 Å². The number of aromatic nitrogens is 2. The number of benzene rings is 1. The molecule has 0 saturated heterocycles. The Morgan fingerprint density at radius 3 is 2.30 bits per heavy atom. The van der Waals surface area contributed by atoms with Gasteiger partial charge in [0.1, 0.15) is 0 Å². The van der Waals surface area contributed by atoms with E-state index < -0.39 is 0 Å². The molecule has 0 bridgehead atoms. The second-order valence-electron chi connectivity index (χ2n) is 4.65. The number of nitrogens with one attached hydrogen (secondary N) is 2. The van der Waals surface area contributed by atoms with Crippen molar-refractivity contribution in [2.75, 3.05) is 10.6 Å². The van der Waals surface area contributed by atoms with Gasteiger partial charge in [0.15, 0.2) is 0 Å². The first-order valence-corrected chi connectivity index (χ1v) is 6.48. The predicted octanol–water partition coefficient (Wildman–Crippen LogP) is 2.92. The Labute approximate surface area is 118 Å². The van der Waals surface area contributed by atoms with Gasteiger partial charge >= 0.3 is 0 Å². The van der Waals surface area contributed by atoms with Crippen LogP contribution < -0.4 is 10.6 Å². The van der Waals surface area contributed by atoms with Gasteiger partial charge in [-0.15, -0.1) is 0 Å². The zero-order valence-corrected chi connectivity index (χ0v) is 11.8. The summed E-state index contributed by atoms with van der Waals surface area (Å²) in [6.45, 7) is 5.48. The topological polar surface area (TPSA) is 66.9 Å². The summed E-state index contributed by atoms with van der Waals surface area (Å²) in [5.41, 5.74) is 3.60. The standard InChI is InChI=1S/C15H18N4O/c1-10-15(17-9-8-16-10)11(2)18-13-4-6-14(7-5-13)19-12(3)20/h4-9,11,18H,1-3H3,(H,19,20). The van der Waals surface area contributed by atoms with Crippen LogP contribution in [0.2, 0.25) is 0 Å². The van der Waals surface area contributed by atoms with Crippen LogP contribution >= 0.6 is 0 Å². The Morgan fingerprint density at radius 2 is 1.70 bits per heavy atom. The molecule has 2 aromatic rings. The van der Waals surface area contributed by atoms with Crippen LogP contribution in [0.5, 0.6) is 0 Å². The Hall–Kier alpha value is -2.43. The van der Waals surface area contributed by atoms with E-state index in [1.165, 1.54) is 6.92 Å². The molecule has 5 nitrogen and oxygen atoms in total. The van der Waals surface area contributed by atoms with Gasteiger partial charge in [-0.05, 0) is 38.1 Å². The molecular weight excluding hydrogens is 252 g/mol. The van der Waals surface area contributed by atoms with E-state index in [0.29, 0.717) is 0 Å². The second-order valence-corrected chi connectivity index (χ2v) is 4.65. The third-order valence-corrected chi connectivity index (χ3v) is 2.92. The molecule has 0 saturated carbocycles. The summed E-state index contributed by atoms with van der Waals surface area (Å²) in [6.07, 6.45) is 3.38. The average Bonchev–Trinajstić information content (AvgIpc) is 2.41. The number of aryl methyl sites for hydroxylation is 1. The highest BCUT2D eigenvalue weighted by molar-refractivity contribution is 5.88. The Bertz CT molecular complexity index is 595. The smallest absolute Gasteiger partial charge is 0.221 e. The largest absolute Gasteiger partial charge is 0.377 e. The second kappa shape index (κ2) is 6.14. The molecule has 2 N–H and O–H groups in total. The summed E-state index contributed by atoms with van der Waals surface area (Å²) in [6, 6.07) is 7.64. The lowest BCUT2D eigenvalue weighted by Crippen LogP contribution is -2.11. The van der Waals surface area contributed by atoms with Crippen LogP contribution in [0, 0.1) is 6.92 Å². The van der Waals surface area contributed by atoms with Crippen LogP contribution in [0.15, 0.2) is 36.7 Å². The van der Waals surface area contributed by atoms with Crippen molar-refractivity contribution < 1.29 is 4.79 Å².